The van der Waals surface area contributed by atoms with Crippen molar-refractivity contribution in [2.24, 2.45) is 17.8 Å². The fraction of sp³-hybridized carbons (Fsp3) is 0.417. The van der Waals surface area contributed by atoms with Crippen LogP contribution in [0.2, 0.25) is 0 Å². The Morgan fingerprint density at radius 3 is 2.90 bits per heavy atom. The summed E-state index contributed by atoms with van der Waals surface area (Å²) in [5, 5.41) is 31.4. The van der Waals surface area contributed by atoms with E-state index in [1.54, 1.807) is 10.9 Å². The van der Waals surface area contributed by atoms with E-state index < -0.39 is 11.3 Å². The second-order valence-corrected chi connectivity index (χ2v) is 8.70. The van der Waals surface area contributed by atoms with E-state index in [0.29, 0.717) is 13.0 Å². The van der Waals surface area contributed by atoms with Gasteiger partial charge in [0, 0.05) is 28.7 Å². The number of carbonyl (C=O) groups is 1. The number of hydrogen-bond acceptors (Lipinski definition) is 5. The van der Waals surface area contributed by atoms with Gasteiger partial charge < -0.3 is 5.11 Å². The lowest BCUT2D eigenvalue weighted by molar-refractivity contribution is -0.131. The maximum Gasteiger partial charge on any atom is 0.153 e. The normalized spacial score (nSPS) is 27.4. The molecule has 2 N–H and O–H groups in total. The topological polar surface area (TPSA) is 108 Å². The van der Waals surface area contributed by atoms with Crippen LogP contribution in [0.1, 0.15) is 36.6 Å². The molecule has 158 valence electrons. The highest BCUT2D eigenvalue weighted by Crippen LogP contribution is 2.56. The standard InChI is InChI=1S/C24H25N5O2/c1-15-20-8-7-19-21(17-13-26-29(14-17)9-10-30)27-28-23(19)24(20,11-16(12-25)22(15)31)18-5-3-2-4-6-18/h2-6,13-16,20,30H,7-11H2,1H3,(H,27,28)/t15-,16?,20-,24+/m0/s1. The summed E-state index contributed by atoms with van der Waals surface area (Å²) in [6.45, 7) is 2.45. The summed E-state index contributed by atoms with van der Waals surface area (Å²) in [4.78, 5) is 12.9. The number of benzene rings is 1. The molecule has 2 aliphatic rings. The molecule has 0 bridgehead atoms. The third-order valence-corrected chi connectivity index (χ3v) is 7.25. The van der Waals surface area contributed by atoms with Gasteiger partial charge in [0.1, 0.15) is 5.92 Å². The van der Waals surface area contributed by atoms with E-state index in [1.165, 1.54) is 0 Å². The maximum atomic E-state index is 12.9. The number of aliphatic hydroxyl groups is 1. The average Bonchev–Trinajstić information content (AvgIpc) is 3.44. The number of ketones is 1. The monoisotopic (exact) mass is 415 g/mol. The zero-order valence-electron chi connectivity index (χ0n) is 17.5. The molecule has 0 saturated heterocycles. The Labute approximate surface area is 180 Å². The maximum absolute atomic E-state index is 12.9. The third-order valence-electron chi connectivity index (χ3n) is 7.25. The van der Waals surface area contributed by atoms with Gasteiger partial charge in [0.25, 0.3) is 0 Å². The molecule has 0 amide bonds. The van der Waals surface area contributed by atoms with Crippen molar-refractivity contribution in [3.63, 3.8) is 0 Å². The van der Waals surface area contributed by atoms with Gasteiger partial charge in [-0.05, 0) is 30.7 Å². The first-order valence-corrected chi connectivity index (χ1v) is 10.8. The van der Waals surface area contributed by atoms with Gasteiger partial charge in [-0.15, -0.1) is 0 Å². The summed E-state index contributed by atoms with van der Waals surface area (Å²) in [6, 6.07) is 12.5. The second kappa shape index (κ2) is 7.47. The average molecular weight is 415 g/mol. The van der Waals surface area contributed by atoms with Gasteiger partial charge in [-0.2, -0.15) is 15.5 Å². The molecule has 7 nitrogen and oxygen atoms in total. The Bertz CT molecular complexity index is 1160. The van der Waals surface area contributed by atoms with Crippen molar-refractivity contribution in [2.45, 2.75) is 38.1 Å². The summed E-state index contributed by atoms with van der Waals surface area (Å²) >= 11 is 0. The number of H-pyrrole nitrogens is 1. The predicted molar refractivity (Wildman–Crippen MR) is 114 cm³/mol. The number of nitriles is 1. The van der Waals surface area contributed by atoms with Gasteiger partial charge in [0.2, 0.25) is 0 Å². The smallest absolute Gasteiger partial charge is 0.153 e. The number of rotatable bonds is 4. The summed E-state index contributed by atoms with van der Waals surface area (Å²) in [7, 11) is 0. The van der Waals surface area contributed by atoms with Crippen LogP contribution < -0.4 is 0 Å². The van der Waals surface area contributed by atoms with Crippen LogP contribution in [0.3, 0.4) is 0 Å². The molecule has 1 aromatic carbocycles. The predicted octanol–water partition coefficient (Wildman–Crippen LogP) is 2.86. The first-order valence-electron chi connectivity index (χ1n) is 10.8. The quantitative estimate of drug-likeness (QED) is 0.681. The highest BCUT2D eigenvalue weighted by Gasteiger charge is 2.57. The number of carbonyl (C=O) groups excluding carboxylic acids is 1. The number of nitrogens with zero attached hydrogens (tertiary/aromatic N) is 4. The number of fused-ring (bicyclic) bond motifs is 3. The molecule has 7 heteroatoms. The van der Waals surface area contributed by atoms with E-state index in [0.717, 1.165) is 40.9 Å². The number of Topliss-reactive ketones (excluding diaryl/α,β-unsaturated/α-hetero) is 1. The molecule has 4 atom stereocenters. The van der Waals surface area contributed by atoms with E-state index in [4.69, 9.17) is 5.10 Å². The number of aromatic nitrogens is 4. The van der Waals surface area contributed by atoms with Crippen LogP contribution in [0.15, 0.2) is 42.7 Å². The number of aromatic amines is 1. The summed E-state index contributed by atoms with van der Waals surface area (Å²) in [6.07, 6.45) is 5.85. The summed E-state index contributed by atoms with van der Waals surface area (Å²) < 4.78 is 1.72. The van der Waals surface area contributed by atoms with Crippen LogP contribution in [0, 0.1) is 29.1 Å². The summed E-state index contributed by atoms with van der Waals surface area (Å²) in [5.41, 5.74) is 4.61. The van der Waals surface area contributed by atoms with Crippen molar-refractivity contribution in [1.29, 1.82) is 5.26 Å². The van der Waals surface area contributed by atoms with Crippen molar-refractivity contribution in [3.05, 3.63) is 59.5 Å². The van der Waals surface area contributed by atoms with Crippen molar-refractivity contribution in [3.8, 4) is 17.3 Å². The van der Waals surface area contributed by atoms with Gasteiger partial charge in [0.05, 0.1) is 36.8 Å². The Hall–Kier alpha value is -3.24. The molecule has 0 aliphatic heterocycles. The van der Waals surface area contributed by atoms with E-state index in [-0.39, 0.29) is 24.2 Å². The number of nitrogens with one attached hydrogen (secondary N) is 1. The van der Waals surface area contributed by atoms with Gasteiger partial charge in [-0.1, -0.05) is 37.3 Å². The van der Waals surface area contributed by atoms with Crippen molar-refractivity contribution in [1.82, 2.24) is 20.0 Å². The highest BCUT2D eigenvalue weighted by atomic mass is 16.3. The fourth-order valence-electron chi connectivity index (χ4n) is 5.83. The first-order chi connectivity index (χ1) is 15.1. The van der Waals surface area contributed by atoms with Crippen LogP contribution in [-0.4, -0.2) is 37.5 Å². The number of hydrogen-bond donors (Lipinski definition) is 2. The third kappa shape index (κ3) is 2.86. The molecular weight excluding hydrogens is 390 g/mol. The minimum atomic E-state index is -0.634. The van der Waals surface area contributed by atoms with Crippen LogP contribution in [0.4, 0.5) is 0 Å². The van der Waals surface area contributed by atoms with Crippen molar-refractivity contribution < 1.29 is 9.90 Å². The SMILES string of the molecule is C[C@@H]1C(=O)C(C#N)C[C@]2(c3ccccc3)c3n[nH]c(-c4cnn(CCO)c4)c3CC[C@@H]12. The van der Waals surface area contributed by atoms with Crippen molar-refractivity contribution in [2.75, 3.05) is 6.61 Å². The fourth-order valence-corrected chi connectivity index (χ4v) is 5.83. The van der Waals surface area contributed by atoms with E-state index in [2.05, 4.69) is 28.4 Å². The highest BCUT2D eigenvalue weighted by molar-refractivity contribution is 5.87. The van der Waals surface area contributed by atoms with Gasteiger partial charge in [-0.25, -0.2) is 0 Å². The molecule has 1 unspecified atom stereocenters. The Kier molecular flexibility index (Phi) is 4.75. The van der Waals surface area contributed by atoms with Crippen LogP contribution in [0.5, 0.6) is 0 Å². The second-order valence-electron chi connectivity index (χ2n) is 8.70. The molecule has 0 spiro atoms. The van der Waals surface area contributed by atoms with E-state index in [1.807, 2.05) is 31.3 Å². The lowest BCUT2D eigenvalue weighted by atomic mass is 9.51. The Morgan fingerprint density at radius 2 is 2.16 bits per heavy atom. The van der Waals surface area contributed by atoms with Gasteiger partial charge in [-0.3, -0.25) is 14.6 Å². The zero-order valence-corrected chi connectivity index (χ0v) is 17.5. The van der Waals surface area contributed by atoms with E-state index >= 15 is 0 Å². The Balaban J connectivity index is 1.69. The van der Waals surface area contributed by atoms with Crippen molar-refractivity contribution >= 4 is 5.78 Å². The van der Waals surface area contributed by atoms with Gasteiger partial charge >= 0.3 is 0 Å². The molecule has 0 radical (unpaired) electrons. The lowest BCUT2D eigenvalue weighted by Crippen LogP contribution is -2.52. The minimum absolute atomic E-state index is 0.0302. The summed E-state index contributed by atoms with van der Waals surface area (Å²) in [5.74, 6) is -0.666. The molecule has 1 saturated carbocycles. The molecule has 2 aromatic heterocycles. The molecule has 2 heterocycles. The lowest BCUT2D eigenvalue weighted by Gasteiger charge is -2.50. The molecular formula is C24H25N5O2. The molecule has 1 fully saturated rings. The largest absolute Gasteiger partial charge is 0.394 e. The number of aliphatic hydroxyl groups excluding tert-OH is 1. The molecule has 5 rings (SSSR count). The van der Waals surface area contributed by atoms with Crippen LogP contribution >= 0.6 is 0 Å². The molecule has 3 aromatic rings. The first kappa shape index (κ1) is 19.7. The Morgan fingerprint density at radius 1 is 1.35 bits per heavy atom. The van der Waals surface area contributed by atoms with Crippen LogP contribution in [-0.2, 0) is 23.2 Å². The molecule has 2 aliphatic carbocycles. The van der Waals surface area contributed by atoms with E-state index in [9.17, 15) is 15.2 Å². The van der Waals surface area contributed by atoms with Crippen LogP contribution in [0.25, 0.3) is 11.3 Å². The zero-order chi connectivity index (χ0) is 21.6. The van der Waals surface area contributed by atoms with Gasteiger partial charge in [0.15, 0.2) is 5.78 Å². The minimum Gasteiger partial charge on any atom is -0.394 e. The molecule has 31 heavy (non-hydrogen) atoms.